The first-order chi connectivity index (χ1) is 19.1. The van der Waals surface area contributed by atoms with Gasteiger partial charge in [-0.15, -0.1) is 0 Å². The topological polar surface area (TPSA) is 109 Å². The maximum absolute atomic E-state index is 15.0. The molecule has 2 N–H and O–H groups in total. The van der Waals surface area contributed by atoms with Crippen molar-refractivity contribution in [1.82, 2.24) is 19.4 Å². The maximum Gasteiger partial charge on any atom is 0.260 e. The highest BCUT2D eigenvalue weighted by Gasteiger charge is 2.26. The van der Waals surface area contributed by atoms with E-state index in [4.69, 9.17) is 0 Å². The summed E-state index contributed by atoms with van der Waals surface area (Å²) in [6.45, 7) is 4.31. The summed E-state index contributed by atoms with van der Waals surface area (Å²) in [4.78, 5) is 25.0. The lowest BCUT2D eigenvalue weighted by Gasteiger charge is -2.33. The number of pyridine rings is 1. The van der Waals surface area contributed by atoms with Crippen molar-refractivity contribution in [2.24, 2.45) is 0 Å². The molecule has 41 heavy (non-hydrogen) atoms. The number of hydrogen-bond acceptors (Lipinski definition) is 7. The Hall–Kier alpha value is -3.19. The number of nitrogens with zero attached hydrogens (tertiary/aromatic N) is 4. The van der Waals surface area contributed by atoms with Gasteiger partial charge in [0.25, 0.3) is 5.56 Å². The van der Waals surface area contributed by atoms with E-state index in [9.17, 15) is 26.4 Å². The molecule has 2 heterocycles. The van der Waals surface area contributed by atoms with E-state index in [1.807, 2.05) is 18.6 Å². The standard InChI is InChI=1S/C28H37F3N6O3S/c1-17(2)37-25-19(16-32-27(34-25)33-20-7-9-21(10-8-20)36(4)5)14-22(26(37)38)18-6-11-24(23(29)15-18)35-41(39,40)13-12-28(3,30)31/h6,11,14-17,20-21,35H,7-10,12-13H2,1-5H3,(H,32,33,34)/t20-,21-. The van der Waals surface area contributed by atoms with Crippen molar-refractivity contribution in [2.45, 2.75) is 76.9 Å². The number of sulfonamides is 1. The van der Waals surface area contributed by atoms with Gasteiger partial charge in [0.2, 0.25) is 21.9 Å². The van der Waals surface area contributed by atoms with E-state index >= 15 is 0 Å². The van der Waals surface area contributed by atoms with Gasteiger partial charge in [-0.05, 0) is 84.3 Å². The smallest absolute Gasteiger partial charge is 0.260 e. The lowest BCUT2D eigenvalue weighted by atomic mass is 9.91. The Morgan fingerprint density at radius 1 is 1.15 bits per heavy atom. The van der Waals surface area contributed by atoms with Crippen LogP contribution in [0, 0.1) is 5.82 Å². The molecule has 0 radical (unpaired) electrons. The van der Waals surface area contributed by atoms with Crippen molar-refractivity contribution in [3.8, 4) is 11.1 Å². The molecular weight excluding hydrogens is 557 g/mol. The third-order valence-corrected chi connectivity index (χ3v) is 8.68. The Balaban J connectivity index is 1.61. The van der Waals surface area contributed by atoms with Gasteiger partial charge < -0.3 is 10.2 Å². The number of aromatic nitrogens is 3. The first kappa shape index (κ1) is 30.8. The average Bonchev–Trinajstić information content (AvgIpc) is 2.88. The van der Waals surface area contributed by atoms with Gasteiger partial charge in [0, 0.05) is 41.7 Å². The number of halogens is 3. The highest BCUT2D eigenvalue weighted by Crippen LogP contribution is 2.28. The number of anilines is 2. The summed E-state index contributed by atoms with van der Waals surface area (Å²) in [5.41, 5.74) is 0.0901. The largest absolute Gasteiger partial charge is 0.351 e. The van der Waals surface area contributed by atoms with Crippen molar-refractivity contribution < 1.29 is 21.6 Å². The molecule has 0 spiro atoms. The average molecular weight is 595 g/mol. The Labute approximate surface area is 238 Å². The molecule has 0 bridgehead atoms. The van der Waals surface area contributed by atoms with Gasteiger partial charge in [-0.25, -0.2) is 26.6 Å². The quantitative estimate of drug-likeness (QED) is 0.330. The molecule has 13 heteroatoms. The molecule has 0 saturated heterocycles. The second-order valence-electron chi connectivity index (χ2n) is 11.3. The van der Waals surface area contributed by atoms with Gasteiger partial charge in [-0.1, -0.05) is 6.07 Å². The molecule has 1 saturated carbocycles. The molecule has 1 aliphatic rings. The molecule has 1 aliphatic carbocycles. The van der Waals surface area contributed by atoms with Crippen LogP contribution in [0.2, 0.25) is 0 Å². The third-order valence-electron chi connectivity index (χ3n) is 7.41. The normalized spacial score (nSPS) is 18.3. The second-order valence-corrected chi connectivity index (χ2v) is 13.2. The van der Waals surface area contributed by atoms with Crippen LogP contribution in [0.3, 0.4) is 0 Å². The Bertz CT molecular complexity index is 1560. The summed E-state index contributed by atoms with van der Waals surface area (Å²) >= 11 is 0. The van der Waals surface area contributed by atoms with Crippen LogP contribution < -0.4 is 15.6 Å². The van der Waals surface area contributed by atoms with E-state index in [0.717, 1.165) is 31.7 Å². The summed E-state index contributed by atoms with van der Waals surface area (Å²) in [6, 6.07) is 5.73. The molecule has 4 rings (SSSR count). The number of benzene rings is 1. The van der Waals surface area contributed by atoms with Gasteiger partial charge in [0.05, 0.1) is 11.4 Å². The highest BCUT2D eigenvalue weighted by atomic mass is 32.2. The number of fused-ring (bicyclic) bond motifs is 1. The Kier molecular flexibility index (Phi) is 8.98. The van der Waals surface area contributed by atoms with E-state index in [-0.39, 0.29) is 28.8 Å². The van der Waals surface area contributed by atoms with E-state index in [0.29, 0.717) is 29.9 Å². The van der Waals surface area contributed by atoms with Crippen molar-refractivity contribution in [3.63, 3.8) is 0 Å². The summed E-state index contributed by atoms with van der Waals surface area (Å²) in [5, 5.41) is 3.99. The van der Waals surface area contributed by atoms with Gasteiger partial charge in [0.15, 0.2) is 0 Å². The number of nitrogens with one attached hydrogen (secondary N) is 2. The van der Waals surface area contributed by atoms with Crippen molar-refractivity contribution in [3.05, 3.63) is 46.6 Å². The first-order valence-electron chi connectivity index (χ1n) is 13.7. The zero-order valence-electron chi connectivity index (χ0n) is 23.9. The molecule has 0 unspecified atom stereocenters. The predicted molar refractivity (Wildman–Crippen MR) is 156 cm³/mol. The van der Waals surface area contributed by atoms with Crippen LogP contribution >= 0.6 is 0 Å². The molecule has 0 amide bonds. The zero-order chi connectivity index (χ0) is 30.1. The van der Waals surface area contributed by atoms with Gasteiger partial charge in [0.1, 0.15) is 11.5 Å². The van der Waals surface area contributed by atoms with Gasteiger partial charge >= 0.3 is 0 Å². The van der Waals surface area contributed by atoms with Gasteiger partial charge in [-0.2, -0.15) is 4.98 Å². The van der Waals surface area contributed by atoms with Crippen LogP contribution in [0.15, 0.2) is 35.3 Å². The fraction of sp³-hybridized carbons (Fsp3) is 0.536. The lowest BCUT2D eigenvalue weighted by molar-refractivity contribution is 0.0189. The molecule has 224 valence electrons. The van der Waals surface area contributed by atoms with Gasteiger partial charge in [-0.3, -0.25) is 14.1 Å². The van der Waals surface area contributed by atoms with Crippen LogP contribution in [0.1, 0.15) is 58.9 Å². The van der Waals surface area contributed by atoms with Crippen molar-refractivity contribution in [1.29, 1.82) is 0 Å². The summed E-state index contributed by atoms with van der Waals surface area (Å²) in [6.07, 6.45) is 4.85. The van der Waals surface area contributed by atoms with Crippen LogP contribution in [0.25, 0.3) is 22.2 Å². The summed E-state index contributed by atoms with van der Waals surface area (Å²) in [5.74, 6) is -4.54. The molecule has 1 aromatic carbocycles. The fourth-order valence-corrected chi connectivity index (χ4v) is 6.32. The summed E-state index contributed by atoms with van der Waals surface area (Å²) in [7, 11) is -0.0210. The van der Waals surface area contributed by atoms with E-state index < -0.39 is 39.6 Å². The number of hydrogen-bond donors (Lipinski definition) is 2. The van der Waals surface area contributed by atoms with Crippen molar-refractivity contribution >= 4 is 32.7 Å². The highest BCUT2D eigenvalue weighted by molar-refractivity contribution is 7.92. The predicted octanol–water partition coefficient (Wildman–Crippen LogP) is 5.25. The molecule has 0 atom stereocenters. The van der Waals surface area contributed by atoms with Crippen LogP contribution in [0.4, 0.5) is 24.8 Å². The molecular formula is C28H37F3N6O3S. The number of alkyl halides is 2. The van der Waals surface area contributed by atoms with Crippen LogP contribution in [-0.2, 0) is 10.0 Å². The molecule has 1 fully saturated rings. The first-order valence-corrected chi connectivity index (χ1v) is 15.3. The van der Waals surface area contributed by atoms with Crippen LogP contribution in [0.5, 0.6) is 0 Å². The molecule has 2 aromatic heterocycles. The minimum Gasteiger partial charge on any atom is -0.351 e. The van der Waals surface area contributed by atoms with E-state index in [2.05, 4.69) is 34.3 Å². The minimum atomic E-state index is -4.20. The molecule has 0 aliphatic heterocycles. The SMILES string of the molecule is CC(C)n1c(=O)c(-c2ccc(NS(=O)(=O)CCC(C)(F)F)c(F)c2)cc2cnc(N[C@H]3CC[C@H](N(C)C)CC3)nc21. The maximum atomic E-state index is 15.0. The fourth-order valence-electron chi connectivity index (χ4n) is 5.09. The third kappa shape index (κ3) is 7.56. The van der Waals surface area contributed by atoms with E-state index in [1.165, 1.54) is 16.7 Å². The summed E-state index contributed by atoms with van der Waals surface area (Å²) < 4.78 is 69.1. The molecule has 3 aromatic rings. The zero-order valence-corrected chi connectivity index (χ0v) is 24.7. The monoisotopic (exact) mass is 594 g/mol. The second kappa shape index (κ2) is 12.0. The number of rotatable bonds is 10. The lowest BCUT2D eigenvalue weighted by Crippen LogP contribution is -2.36. The Morgan fingerprint density at radius 2 is 1.83 bits per heavy atom. The minimum absolute atomic E-state index is 0.191. The van der Waals surface area contributed by atoms with E-state index in [1.54, 1.807) is 12.3 Å². The van der Waals surface area contributed by atoms with Crippen molar-refractivity contribution in [2.75, 3.05) is 29.9 Å². The Morgan fingerprint density at radius 3 is 2.41 bits per heavy atom. The molecule has 9 nitrogen and oxygen atoms in total. The van der Waals surface area contributed by atoms with Crippen LogP contribution in [-0.4, -0.2) is 65.7 Å².